The van der Waals surface area contributed by atoms with E-state index in [0.717, 1.165) is 64.2 Å². The van der Waals surface area contributed by atoms with Crippen molar-refractivity contribution < 1.29 is 28.6 Å². The van der Waals surface area contributed by atoms with Gasteiger partial charge in [0.05, 0.1) is 0 Å². The van der Waals surface area contributed by atoms with E-state index in [1.54, 1.807) is 0 Å². The molecule has 6 heteroatoms. The number of esters is 3. The molecular weight excluding hydrogens is 1010 g/mol. The smallest absolute Gasteiger partial charge is 0.306 e. The Morgan fingerprint density at radius 2 is 0.402 bits per heavy atom. The van der Waals surface area contributed by atoms with Crippen LogP contribution in [0.5, 0.6) is 0 Å². The first kappa shape index (κ1) is 80.2. The first-order valence-corrected chi connectivity index (χ1v) is 37.7. The van der Waals surface area contributed by atoms with Crippen LogP contribution in [-0.4, -0.2) is 37.2 Å². The Hall–Kier alpha value is -1.85. The van der Waals surface area contributed by atoms with E-state index in [4.69, 9.17) is 14.2 Å². The van der Waals surface area contributed by atoms with Gasteiger partial charge in [-0.2, -0.15) is 0 Å². The fourth-order valence-electron chi connectivity index (χ4n) is 11.9. The average molecular weight is 1160 g/mol. The Labute approximate surface area is 513 Å². The zero-order chi connectivity index (χ0) is 59.2. The van der Waals surface area contributed by atoms with Crippen LogP contribution < -0.4 is 0 Å². The summed E-state index contributed by atoms with van der Waals surface area (Å²) in [6, 6.07) is 0. The Balaban J connectivity index is 4.17. The Kier molecular flexibility index (Phi) is 70.0. The lowest BCUT2D eigenvalue weighted by molar-refractivity contribution is -0.167. The molecule has 0 aliphatic rings. The third-order valence-corrected chi connectivity index (χ3v) is 17.5. The zero-order valence-corrected chi connectivity index (χ0v) is 56.1. The number of allylic oxidation sites excluding steroid dienone is 2. The van der Waals surface area contributed by atoms with Crippen LogP contribution in [0.25, 0.3) is 0 Å². The number of rotatable bonds is 71. The van der Waals surface area contributed by atoms with Crippen LogP contribution in [-0.2, 0) is 28.6 Å². The van der Waals surface area contributed by atoms with Crippen LogP contribution in [0.4, 0.5) is 0 Å². The van der Waals surface area contributed by atoms with Gasteiger partial charge in [0.15, 0.2) is 6.10 Å². The number of carbonyl (C=O) groups excluding carboxylic acids is 3. The van der Waals surface area contributed by atoms with Crippen molar-refractivity contribution in [3.8, 4) is 0 Å². The molecule has 0 saturated heterocycles. The van der Waals surface area contributed by atoms with Crippen molar-refractivity contribution in [2.45, 2.75) is 444 Å². The van der Waals surface area contributed by atoms with Crippen LogP contribution in [0.15, 0.2) is 12.2 Å². The average Bonchev–Trinajstić information content (AvgIpc) is 3.47. The first-order valence-electron chi connectivity index (χ1n) is 37.7. The van der Waals surface area contributed by atoms with E-state index in [1.807, 2.05) is 0 Å². The summed E-state index contributed by atoms with van der Waals surface area (Å²) in [7, 11) is 0. The van der Waals surface area contributed by atoms with E-state index in [9.17, 15) is 14.4 Å². The fraction of sp³-hybridized carbons (Fsp3) is 0.934. The second-order valence-electron chi connectivity index (χ2n) is 25.9. The van der Waals surface area contributed by atoms with E-state index in [1.165, 1.54) is 334 Å². The van der Waals surface area contributed by atoms with E-state index < -0.39 is 6.10 Å². The Morgan fingerprint density at radius 1 is 0.232 bits per heavy atom. The van der Waals surface area contributed by atoms with E-state index >= 15 is 0 Å². The number of unbranched alkanes of at least 4 members (excludes halogenated alkanes) is 58. The molecule has 0 aromatic heterocycles. The molecular formula is C76H146O6. The van der Waals surface area contributed by atoms with Gasteiger partial charge in [0, 0.05) is 19.3 Å². The van der Waals surface area contributed by atoms with Crippen molar-refractivity contribution in [1.82, 2.24) is 0 Å². The summed E-state index contributed by atoms with van der Waals surface area (Å²) in [5.41, 5.74) is 0. The topological polar surface area (TPSA) is 78.9 Å². The van der Waals surface area contributed by atoms with Crippen LogP contribution >= 0.6 is 0 Å². The van der Waals surface area contributed by atoms with Crippen molar-refractivity contribution in [3.05, 3.63) is 12.2 Å². The molecule has 0 aromatic rings. The first-order chi connectivity index (χ1) is 40.5. The van der Waals surface area contributed by atoms with Gasteiger partial charge >= 0.3 is 17.9 Å². The zero-order valence-electron chi connectivity index (χ0n) is 56.1. The molecule has 6 nitrogen and oxygen atoms in total. The van der Waals surface area contributed by atoms with Gasteiger partial charge in [0.1, 0.15) is 13.2 Å². The molecule has 0 fully saturated rings. The summed E-state index contributed by atoms with van der Waals surface area (Å²) >= 11 is 0. The van der Waals surface area contributed by atoms with Crippen LogP contribution in [0.2, 0.25) is 0 Å². The normalized spacial score (nSPS) is 12.0. The maximum atomic E-state index is 13.0. The van der Waals surface area contributed by atoms with Gasteiger partial charge < -0.3 is 14.2 Å². The van der Waals surface area contributed by atoms with Crippen LogP contribution in [0, 0.1) is 0 Å². The molecule has 0 bridgehead atoms. The molecule has 0 N–H and O–H groups in total. The molecule has 0 rings (SSSR count). The molecule has 1 atom stereocenters. The van der Waals surface area contributed by atoms with Crippen molar-refractivity contribution in [1.29, 1.82) is 0 Å². The van der Waals surface area contributed by atoms with E-state index in [0.29, 0.717) is 19.3 Å². The maximum absolute atomic E-state index is 13.0. The highest BCUT2D eigenvalue weighted by molar-refractivity contribution is 5.71. The quantitative estimate of drug-likeness (QED) is 0.0261. The standard InChI is InChI=1S/C76H146O6/c1-4-7-10-13-16-19-22-25-27-29-31-33-35-37-39-40-42-44-46-48-51-54-57-60-63-66-69-75(78)81-72-73(71-80-74(77)68-65-62-59-56-53-50-24-21-18-15-12-9-6-3)82-76(79)70-67-64-61-58-55-52-49-47-45-43-41-38-36-34-32-30-28-26-23-20-17-14-11-8-5-2/h21,24,73H,4-20,22-23,25-72H2,1-3H3/b24-21-. The highest BCUT2D eigenvalue weighted by Gasteiger charge is 2.20. The summed E-state index contributed by atoms with van der Waals surface area (Å²) in [6.07, 6.45) is 87.0. The minimum absolute atomic E-state index is 0.0655. The molecule has 0 aromatic carbocycles. The Morgan fingerprint density at radius 3 is 0.622 bits per heavy atom. The van der Waals surface area contributed by atoms with Crippen molar-refractivity contribution >= 4 is 17.9 Å². The fourth-order valence-corrected chi connectivity index (χ4v) is 11.9. The van der Waals surface area contributed by atoms with E-state index in [2.05, 4.69) is 32.9 Å². The Bertz CT molecular complexity index is 1280. The van der Waals surface area contributed by atoms with Gasteiger partial charge in [-0.05, 0) is 44.9 Å². The molecule has 0 amide bonds. The van der Waals surface area contributed by atoms with Gasteiger partial charge in [-0.1, -0.05) is 386 Å². The number of ether oxygens (including phenoxy) is 3. The number of hydrogen-bond acceptors (Lipinski definition) is 6. The molecule has 0 aliphatic heterocycles. The maximum Gasteiger partial charge on any atom is 0.306 e. The minimum Gasteiger partial charge on any atom is -0.462 e. The summed E-state index contributed by atoms with van der Waals surface area (Å²) in [4.78, 5) is 38.5. The lowest BCUT2D eigenvalue weighted by atomic mass is 10.0. The molecule has 0 heterocycles. The number of hydrogen-bond donors (Lipinski definition) is 0. The van der Waals surface area contributed by atoms with Gasteiger partial charge in [0.25, 0.3) is 0 Å². The van der Waals surface area contributed by atoms with E-state index in [-0.39, 0.29) is 31.1 Å². The summed E-state index contributed by atoms with van der Waals surface area (Å²) in [5, 5.41) is 0. The van der Waals surface area contributed by atoms with Crippen molar-refractivity contribution in [2.75, 3.05) is 13.2 Å². The van der Waals surface area contributed by atoms with Crippen molar-refractivity contribution in [2.24, 2.45) is 0 Å². The molecule has 0 radical (unpaired) electrons. The van der Waals surface area contributed by atoms with Gasteiger partial charge in [0.2, 0.25) is 0 Å². The lowest BCUT2D eigenvalue weighted by Gasteiger charge is -2.18. The highest BCUT2D eigenvalue weighted by atomic mass is 16.6. The largest absolute Gasteiger partial charge is 0.462 e. The molecule has 0 saturated carbocycles. The van der Waals surface area contributed by atoms with Crippen LogP contribution in [0.3, 0.4) is 0 Å². The van der Waals surface area contributed by atoms with Gasteiger partial charge in [-0.15, -0.1) is 0 Å². The number of carbonyl (C=O) groups is 3. The summed E-state index contributed by atoms with van der Waals surface area (Å²) < 4.78 is 17.0. The molecule has 82 heavy (non-hydrogen) atoms. The second kappa shape index (κ2) is 71.6. The predicted molar refractivity (Wildman–Crippen MR) is 358 cm³/mol. The molecule has 486 valence electrons. The SMILES string of the molecule is CCCCCC/C=C\CCCCCCCC(=O)OCC(COC(=O)CCCCCCCCCCCCCCCCCCCCCCCCCCCC)OC(=O)CCCCCCCCCCCCCCCCCCCCCCCCCCC. The van der Waals surface area contributed by atoms with Crippen molar-refractivity contribution in [3.63, 3.8) is 0 Å². The third kappa shape index (κ3) is 68.9. The highest BCUT2D eigenvalue weighted by Crippen LogP contribution is 2.20. The lowest BCUT2D eigenvalue weighted by Crippen LogP contribution is -2.30. The predicted octanol–water partition coefficient (Wildman–Crippen LogP) is 26.0. The second-order valence-corrected chi connectivity index (χ2v) is 25.9. The summed E-state index contributed by atoms with van der Waals surface area (Å²) in [5.74, 6) is -0.837. The monoisotopic (exact) mass is 1160 g/mol. The molecule has 0 aliphatic carbocycles. The minimum atomic E-state index is -0.770. The molecule has 0 spiro atoms. The summed E-state index contributed by atoms with van der Waals surface area (Å²) in [6.45, 7) is 6.72. The van der Waals surface area contributed by atoms with Crippen LogP contribution in [0.1, 0.15) is 438 Å². The molecule has 1 unspecified atom stereocenters. The van der Waals surface area contributed by atoms with Gasteiger partial charge in [-0.25, -0.2) is 0 Å². The third-order valence-electron chi connectivity index (χ3n) is 17.5. The van der Waals surface area contributed by atoms with Gasteiger partial charge in [-0.3, -0.25) is 14.4 Å².